The lowest BCUT2D eigenvalue weighted by Crippen LogP contribution is -2.03. The number of anilines is 1. The van der Waals surface area contributed by atoms with Crippen molar-refractivity contribution in [3.8, 4) is 0 Å². The van der Waals surface area contributed by atoms with Crippen molar-refractivity contribution in [3.63, 3.8) is 0 Å². The van der Waals surface area contributed by atoms with E-state index >= 15 is 0 Å². The fourth-order valence-corrected chi connectivity index (χ4v) is 1.55. The van der Waals surface area contributed by atoms with Crippen molar-refractivity contribution in [2.24, 2.45) is 0 Å². The molecule has 84 valence electrons. The third-order valence-corrected chi connectivity index (χ3v) is 2.66. The van der Waals surface area contributed by atoms with E-state index in [2.05, 4.69) is 20.7 Å². The van der Waals surface area contributed by atoms with E-state index in [-0.39, 0.29) is 18.4 Å². The average Bonchev–Trinajstić information content (AvgIpc) is 2.20. The van der Waals surface area contributed by atoms with Crippen LogP contribution in [0.3, 0.4) is 0 Å². The fourth-order valence-electron chi connectivity index (χ4n) is 1.14. The SMILES string of the molecule is COC(=O)CCc1cccc(Br)c1N.Cl. The lowest BCUT2D eigenvalue weighted by atomic mass is 10.1. The number of para-hydroxylation sites is 1. The van der Waals surface area contributed by atoms with Crippen LogP contribution in [0.15, 0.2) is 22.7 Å². The van der Waals surface area contributed by atoms with Crippen LogP contribution in [0, 0.1) is 0 Å². The molecule has 0 atom stereocenters. The van der Waals surface area contributed by atoms with Crippen LogP contribution in [-0.4, -0.2) is 13.1 Å². The first kappa shape index (κ1) is 14.3. The van der Waals surface area contributed by atoms with E-state index in [9.17, 15) is 4.79 Å². The molecule has 0 aliphatic heterocycles. The van der Waals surface area contributed by atoms with Crippen LogP contribution in [-0.2, 0) is 16.0 Å². The summed E-state index contributed by atoms with van der Waals surface area (Å²) >= 11 is 3.33. The number of rotatable bonds is 3. The molecule has 2 N–H and O–H groups in total. The first-order valence-electron chi connectivity index (χ1n) is 4.25. The molecule has 0 aliphatic carbocycles. The summed E-state index contributed by atoms with van der Waals surface area (Å²) in [5.41, 5.74) is 7.47. The Labute approximate surface area is 104 Å². The predicted molar refractivity (Wildman–Crippen MR) is 66.1 cm³/mol. The molecule has 0 spiro atoms. The summed E-state index contributed by atoms with van der Waals surface area (Å²) in [6.07, 6.45) is 0.967. The second-order valence-corrected chi connectivity index (χ2v) is 3.74. The van der Waals surface area contributed by atoms with E-state index in [0.717, 1.165) is 10.0 Å². The second-order valence-electron chi connectivity index (χ2n) is 2.89. The fraction of sp³-hybridized carbons (Fsp3) is 0.300. The molecule has 0 bridgehead atoms. The maximum atomic E-state index is 10.9. The van der Waals surface area contributed by atoms with Crippen LogP contribution in [0.1, 0.15) is 12.0 Å². The summed E-state index contributed by atoms with van der Waals surface area (Å²) < 4.78 is 5.41. The van der Waals surface area contributed by atoms with Crippen LogP contribution >= 0.6 is 28.3 Å². The molecule has 0 saturated carbocycles. The minimum Gasteiger partial charge on any atom is -0.469 e. The molecular weight excluding hydrogens is 281 g/mol. The lowest BCUT2D eigenvalue weighted by Gasteiger charge is -2.06. The van der Waals surface area contributed by atoms with E-state index in [1.165, 1.54) is 7.11 Å². The van der Waals surface area contributed by atoms with Crippen molar-refractivity contribution < 1.29 is 9.53 Å². The summed E-state index contributed by atoms with van der Waals surface area (Å²) in [6.45, 7) is 0. The van der Waals surface area contributed by atoms with E-state index in [0.29, 0.717) is 18.5 Å². The van der Waals surface area contributed by atoms with Crippen LogP contribution in [0.25, 0.3) is 0 Å². The molecule has 0 aliphatic rings. The number of carbonyl (C=O) groups is 1. The topological polar surface area (TPSA) is 52.3 Å². The Hall–Kier alpha value is -0.740. The number of hydrogen-bond donors (Lipinski definition) is 1. The minimum atomic E-state index is -0.218. The molecule has 0 radical (unpaired) electrons. The number of aryl methyl sites for hydroxylation is 1. The minimum absolute atomic E-state index is 0. The molecule has 1 aromatic carbocycles. The van der Waals surface area contributed by atoms with Gasteiger partial charge in [-0.05, 0) is 34.0 Å². The summed E-state index contributed by atoms with van der Waals surface area (Å²) in [5, 5.41) is 0. The van der Waals surface area contributed by atoms with Gasteiger partial charge in [-0.3, -0.25) is 4.79 Å². The van der Waals surface area contributed by atoms with E-state index in [4.69, 9.17) is 5.73 Å². The van der Waals surface area contributed by atoms with Gasteiger partial charge in [0.1, 0.15) is 0 Å². The maximum Gasteiger partial charge on any atom is 0.305 e. The molecule has 0 unspecified atom stereocenters. The second kappa shape index (κ2) is 6.69. The van der Waals surface area contributed by atoms with Crippen LogP contribution in [0.5, 0.6) is 0 Å². The Bertz CT molecular complexity index is 344. The molecule has 5 heteroatoms. The first-order chi connectivity index (χ1) is 6.65. The number of nitrogens with two attached hydrogens (primary N) is 1. The summed E-state index contributed by atoms with van der Waals surface area (Å²) in [4.78, 5) is 10.9. The predicted octanol–water partition coefficient (Wildman–Crippen LogP) is 2.56. The third kappa shape index (κ3) is 4.10. The molecule has 1 aromatic rings. The Morgan fingerprint density at radius 3 is 2.80 bits per heavy atom. The van der Waals surface area contributed by atoms with Crippen molar-refractivity contribution >= 4 is 40.0 Å². The Balaban J connectivity index is 0.00000196. The number of hydrogen-bond acceptors (Lipinski definition) is 3. The zero-order valence-electron chi connectivity index (χ0n) is 8.33. The number of benzene rings is 1. The normalized spacial score (nSPS) is 9.20. The van der Waals surface area contributed by atoms with Crippen LogP contribution < -0.4 is 5.73 Å². The van der Waals surface area contributed by atoms with Gasteiger partial charge in [0.05, 0.1) is 7.11 Å². The standard InChI is InChI=1S/C10H12BrNO2.ClH/c1-14-9(13)6-5-7-3-2-4-8(11)10(7)12;/h2-4H,5-6,12H2,1H3;1H. The van der Waals surface area contributed by atoms with Gasteiger partial charge in [0.15, 0.2) is 0 Å². The van der Waals surface area contributed by atoms with Crippen LogP contribution in [0.2, 0.25) is 0 Å². The van der Waals surface area contributed by atoms with Gasteiger partial charge in [0.2, 0.25) is 0 Å². The first-order valence-corrected chi connectivity index (χ1v) is 5.04. The zero-order chi connectivity index (χ0) is 10.6. The van der Waals surface area contributed by atoms with E-state index < -0.39 is 0 Å². The number of carbonyl (C=O) groups excluding carboxylic acids is 1. The van der Waals surface area contributed by atoms with Gasteiger partial charge in [-0.25, -0.2) is 0 Å². The summed E-state index contributed by atoms with van der Waals surface area (Å²) in [7, 11) is 1.38. The Morgan fingerprint density at radius 2 is 2.20 bits per heavy atom. The summed E-state index contributed by atoms with van der Waals surface area (Å²) in [6, 6.07) is 5.67. The molecule has 1 rings (SSSR count). The highest BCUT2D eigenvalue weighted by Crippen LogP contribution is 2.23. The molecule has 15 heavy (non-hydrogen) atoms. The van der Waals surface area contributed by atoms with Gasteiger partial charge < -0.3 is 10.5 Å². The molecule has 0 heterocycles. The van der Waals surface area contributed by atoms with Gasteiger partial charge in [0, 0.05) is 16.6 Å². The molecule has 0 fully saturated rings. The lowest BCUT2D eigenvalue weighted by molar-refractivity contribution is -0.140. The number of methoxy groups -OCH3 is 1. The number of nitrogen functional groups attached to an aromatic ring is 1. The maximum absolute atomic E-state index is 10.9. The zero-order valence-corrected chi connectivity index (χ0v) is 10.7. The van der Waals surface area contributed by atoms with Crippen molar-refractivity contribution in [2.75, 3.05) is 12.8 Å². The number of ether oxygens (including phenoxy) is 1. The summed E-state index contributed by atoms with van der Waals surface area (Å²) in [5.74, 6) is -0.218. The average molecular weight is 295 g/mol. The highest BCUT2D eigenvalue weighted by atomic mass is 79.9. The monoisotopic (exact) mass is 293 g/mol. The smallest absolute Gasteiger partial charge is 0.305 e. The molecule has 3 nitrogen and oxygen atoms in total. The van der Waals surface area contributed by atoms with Gasteiger partial charge in [-0.1, -0.05) is 12.1 Å². The van der Waals surface area contributed by atoms with Crippen LogP contribution in [0.4, 0.5) is 5.69 Å². The molecular formula is C10H13BrClNO2. The van der Waals surface area contributed by atoms with Gasteiger partial charge in [0.25, 0.3) is 0 Å². The van der Waals surface area contributed by atoms with Gasteiger partial charge in [-0.2, -0.15) is 0 Å². The van der Waals surface area contributed by atoms with Crippen molar-refractivity contribution in [1.29, 1.82) is 0 Å². The highest BCUT2D eigenvalue weighted by Gasteiger charge is 2.05. The Kier molecular flexibility index (Phi) is 6.36. The van der Waals surface area contributed by atoms with E-state index in [1.54, 1.807) is 0 Å². The molecule has 0 aromatic heterocycles. The number of esters is 1. The number of halogens is 2. The van der Waals surface area contributed by atoms with Gasteiger partial charge >= 0.3 is 5.97 Å². The van der Waals surface area contributed by atoms with Crippen molar-refractivity contribution in [2.45, 2.75) is 12.8 Å². The highest BCUT2D eigenvalue weighted by molar-refractivity contribution is 9.10. The molecule has 0 amide bonds. The quantitative estimate of drug-likeness (QED) is 0.688. The Morgan fingerprint density at radius 1 is 1.53 bits per heavy atom. The molecule has 0 saturated heterocycles. The van der Waals surface area contributed by atoms with E-state index in [1.807, 2.05) is 18.2 Å². The third-order valence-electron chi connectivity index (χ3n) is 1.97. The largest absolute Gasteiger partial charge is 0.469 e. The van der Waals surface area contributed by atoms with Gasteiger partial charge in [-0.15, -0.1) is 12.4 Å². The van der Waals surface area contributed by atoms with Crippen molar-refractivity contribution in [1.82, 2.24) is 0 Å². The van der Waals surface area contributed by atoms with Crippen molar-refractivity contribution in [3.05, 3.63) is 28.2 Å².